The van der Waals surface area contributed by atoms with E-state index in [1.165, 1.54) is 29.3 Å². The summed E-state index contributed by atoms with van der Waals surface area (Å²) in [5, 5.41) is 17.9. The van der Waals surface area contributed by atoms with Gasteiger partial charge in [0.15, 0.2) is 0 Å². The molecule has 3 N–H and O–H groups in total. The van der Waals surface area contributed by atoms with Gasteiger partial charge in [0.2, 0.25) is 5.91 Å². The molecule has 214 valence electrons. The first-order valence-corrected chi connectivity index (χ1v) is 13.5. The zero-order valence-corrected chi connectivity index (χ0v) is 23.4. The van der Waals surface area contributed by atoms with Gasteiger partial charge in [0, 0.05) is 24.2 Å². The van der Waals surface area contributed by atoms with E-state index in [1.807, 2.05) is 81.4 Å². The second-order valence-corrected chi connectivity index (χ2v) is 11.4. The third-order valence-electron chi connectivity index (χ3n) is 6.89. The molecule has 1 heterocycles. The molecule has 0 aliphatic carbocycles. The summed E-state index contributed by atoms with van der Waals surface area (Å²) in [4.78, 5) is 50.9. The summed E-state index contributed by atoms with van der Waals surface area (Å²) in [5.41, 5.74) is 4.47. The lowest BCUT2D eigenvalue weighted by Gasteiger charge is -2.33. The quantitative estimate of drug-likeness (QED) is 0.253. The first-order valence-electron chi connectivity index (χ1n) is 13.5. The van der Waals surface area contributed by atoms with Crippen molar-refractivity contribution in [2.45, 2.75) is 58.0 Å². The molecule has 10 heteroatoms. The van der Waals surface area contributed by atoms with Crippen molar-refractivity contribution in [3.63, 3.8) is 0 Å². The van der Waals surface area contributed by atoms with Crippen molar-refractivity contribution in [1.82, 2.24) is 15.8 Å². The van der Waals surface area contributed by atoms with Crippen LogP contribution in [0.4, 0.5) is 16.2 Å². The van der Waals surface area contributed by atoms with E-state index in [0.717, 1.165) is 11.1 Å². The van der Waals surface area contributed by atoms with Crippen LogP contribution in [-0.4, -0.2) is 33.8 Å². The van der Waals surface area contributed by atoms with Gasteiger partial charge in [0.05, 0.1) is 11.0 Å². The van der Waals surface area contributed by atoms with Crippen molar-refractivity contribution in [1.29, 1.82) is 0 Å². The molecule has 10 nitrogen and oxygen atoms in total. The summed E-state index contributed by atoms with van der Waals surface area (Å²) in [7, 11) is 0. The van der Waals surface area contributed by atoms with E-state index in [9.17, 15) is 24.5 Å². The van der Waals surface area contributed by atoms with Crippen molar-refractivity contribution in [2.24, 2.45) is 5.41 Å². The predicted octanol–water partition coefficient (Wildman–Crippen LogP) is 5.70. The van der Waals surface area contributed by atoms with Crippen LogP contribution >= 0.6 is 0 Å². The molecule has 1 fully saturated rings. The zero-order valence-electron chi connectivity index (χ0n) is 23.4. The van der Waals surface area contributed by atoms with Crippen LogP contribution < -0.4 is 16.1 Å². The van der Waals surface area contributed by atoms with E-state index in [0.29, 0.717) is 12.8 Å². The number of anilines is 1. The monoisotopic (exact) mass is 557 g/mol. The maximum absolute atomic E-state index is 14.1. The van der Waals surface area contributed by atoms with Crippen molar-refractivity contribution in [3.05, 3.63) is 106 Å². The summed E-state index contributed by atoms with van der Waals surface area (Å²) < 4.78 is 0. The molecule has 3 aromatic rings. The molecule has 0 spiro atoms. The second-order valence-electron chi connectivity index (χ2n) is 11.4. The standard InChI is InChI=1S/C31H35N5O5/c1-31(2,3)20-28(37)34-35-27(22-13-8-5-9-14-22)18-23(21-11-6-4-7-12-21)17-26(29(35)38)33-30(39)32-24-15-10-16-25(19-24)36(40)41/h4-16,19,23,26-27H,17-18,20H2,1-3H3,(H,34,37)(H2,32,33,39). The number of hydrogen-bond acceptors (Lipinski definition) is 5. The summed E-state index contributed by atoms with van der Waals surface area (Å²) >= 11 is 0. The maximum atomic E-state index is 14.1. The normalized spacial score (nSPS) is 19.1. The van der Waals surface area contributed by atoms with Crippen LogP contribution in [0.2, 0.25) is 0 Å². The van der Waals surface area contributed by atoms with Crippen molar-refractivity contribution in [2.75, 3.05) is 5.32 Å². The minimum Gasteiger partial charge on any atom is -0.326 e. The summed E-state index contributed by atoms with van der Waals surface area (Å²) in [5.74, 6) is -0.878. The third-order valence-corrected chi connectivity index (χ3v) is 6.89. The zero-order chi connectivity index (χ0) is 29.6. The number of nitro benzene ring substituents is 1. The van der Waals surface area contributed by atoms with E-state index in [2.05, 4.69) is 16.1 Å². The van der Waals surface area contributed by atoms with E-state index in [4.69, 9.17) is 0 Å². The van der Waals surface area contributed by atoms with Gasteiger partial charge in [0.25, 0.3) is 11.6 Å². The van der Waals surface area contributed by atoms with Crippen LogP contribution in [0.25, 0.3) is 0 Å². The molecular formula is C31H35N5O5. The number of hydrazine groups is 1. The molecular weight excluding hydrogens is 522 g/mol. The molecule has 4 rings (SSSR count). The molecule has 0 radical (unpaired) electrons. The smallest absolute Gasteiger partial charge is 0.319 e. The van der Waals surface area contributed by atoms with E-state index >= 15 is 0 Å². The van der Waals surface area contributed by atoms with Crippen LogP contribution in [0.5, 0.6) is 0 Å². The highest BCUT2D eigenvalue weighted by Crippen LogP contribution is 2.38. The molecule has 0 bridgehead atoms. The molecule has 3 atom stereocenters. The van der Waals surface area contributed by atoms with Gasteiger partial charge in [-0.05, 0) is 41.4 Å². The molecule has 4 amide bonds. The minimum absolute atomic E-state index is 0.127. The van der Waals surface area contributed by atoms with Crippen molar-refractivity contribution >= 4 is 29.2 Å². The largest absolute Gasteiger partial charge is 0.326 e. The Labute approximate surface area is 239 Å². The Morgan fingerprint density at radius 1 is 0.927 bits per heavy atom. The summed E-state index contributed by atoms with van der Waals surface area (Å²) in [6.45, 7) is 5.83. The molecule has 3 aromatic carbocycles. The Morgan fingerprint density at radius 3 is 2.17 bits per heavy atom. The van der Waals surface area contributed by atoms with Gasteiger partial charge in [-0.25, -0.2) is 9.80 Å². The van der Waals surface area contributed by atoms with Gasteiger partial charge >= 0.3 is 6.03 Å². The Balaban J connectivity index is 1.67. The second kappa shape index (κ2) is 12.6. The average molecular weight is 558 g/mol. The number of urea groups is 1. The summed E-state index contributed by atoms with van der Waals surface area (Å²) in [6, 6.07) is 22.7. The highest BCUT2D eigenvalue weighted by atomic mass is 16.6. The number of nitrogens with one attached hydrogen (secondary N) is 3. The van der Waals surface area contributed by atoms with Gasteiger partial charge in [-0.1, -0.05) is 87.5 Å². The van der Waals surface area contributed by atoms with Crippen LogP contribution in [0.1, 0.15) is 63.1 Å². The fourth-order valence-corrected chi connectivity index (χ4v) is 5.07. The Kier molecular flexibility index (Phi) is 9.01. The van der Waals surface area contributed by atoms with E-state index in [-0.39, 0.29) is 35.0 Å². The van der Waals surface area contributed by atoms with Crippen molar-refractivity contribution < 1.29 is 19.3 Å². The minimum atomic E-state index is -0.984. The lowest BCUT2D eigenvalue weighted by atomic mass is 9.86. The van der Waals surface area contributed by atoms with Crippen LogP contribution in [0, 0.1) is 15.5 Å². The van der Waals surface area contributed by atoms with Gasteiger partial charge in [-0.15, -0.1) is 0 Å². The topological polar surface area (TPSA) is 134 Å². The number of hydrogen-bond donors (Lipinski definition) is 3. The highest BCUT2D eigenvalue weighted by Gasteiger charge is 2.40. The van der Waals surface area contributed by atoms with Gasteiger partial charge < -0.3 is 10.6 Å². The number of nitrogens with zero attached hydrogens (tertiary/aromatic N) is 2. The third kappa shape index (κ3) is 7.91. The van der Waals surface area contributed by atoms with Crippen LogP contribution in [-0.2, 0) is 9.59 Å². The van der Waals surface area contributed by atoms with Crippen molar-refractivity contribution in [3.8, 4) is 0 Å². The number of benzene rings is 3. The fourth-order valence-electron chi connectivity index (χ4n) is 5.07. The highest BCUT2D eigenvalue weighted by molar-refractivity contribution is 5.94. The predicted molar refractivity (Wildman–Crippen MR) is 156 cm³/mol. The lowest BCUT2D eigenvalue weighted by Crippen LogP contribution is -2.55. The number of amides is 4. The lowest BCUT2D eigenvalue weighted by molar-refractivity contribution is -0.384. The Morgan fingerprint density at radius 2 is 1.56 bits per heavy atom. The maximum Gasteiger partial charge on any atom is 0.319 e. The molecule has 1 aliphatic heterocycles. The molecule has 3 unspecified atom stereocenters. The number of nitro groups is 1. The number of rotatable bonds is 7. The van der Waals surface area contributed by atoms with Gasteiger partial charge in [0.1, 0.15) is 6.04 Å². The van der Waals surface area contributed by atoms with Gasteiger partial charge in [-0.3, -0.25) is 25.1 Å². The fraction of sp³-hybridized carbons (Fsp3) is 0.323. The van der Waals surface area contributed by atoms with Gasteiger partial charge in [-0.2, -0.15) is 0 Å². The first kappa shape index (κ1) is 29.3. The van der Waals surface area contributed by atoms with E-state index in [1.54, 1.807) is 0 Å². The number of carbonyl (C=O) groups excluding carboxylic acids is 3. The Bertz CT molecular complexity index is 1390. The molecule has 1 aliphatic rings. The average Bonchev–Trinajstić information content (AvgIpc) is 3.05. The molecule has 0 aromatic heterocycles. The Hall–Kier alpha value is -4.73. The number of carbonyl (C=O) groups is 3. The first-order chi connectivity index (χ1) is 19.5. The SMILES string of the molecule is CC(C)(C)CC(=O)NN1C(=O)C(NC(=O)Nc2cccc([N+](=O)[O-])c2)CC(c2ccccc2)CC1c1ccccc1. The number of non-ortho nitro benzene ring substituents is 1. The summed E-state index contributed by atoms with van der Waals surface area (Å²) in [6.07, 6.45) is 1.01. The van der Waals surface area contributed by atoms with E-state index < -0.39 is 28.9 Å². The molecule has 0 saturated carbocycles. The van der Waals surface area contributed by atoms with Crippen LogP contribution in [0.15, 0.2) is 84.9 Å². The molecule has 41 heavy (non-hydrogen) atoms. The molecule has 1 saturated heterocycles. The van der Waals surface area contributed by atoms with Crippen LogP contribution in [0.3, 0.4) is 0 Å².